The molecule has 5 heteroatoms. The first-order valence-electron chi connectivity index (χ1n) is 7.76. The van der Waals surface area contributed by atoms with Gasteiger partial charge in [-0.2, -0.15) is 0 Å². The molecule has 1 heterocycles. The van der Waals surface area contributed by atoms with Crippen LogP contribution in [-0.4, -0.2) is 28.6 Å². The standard InChI is InChI=1S/C18H22FNO2S/c1-13(2)20(11-3-4-18(21)22)12-16-9-10-17(23-16)14-5-7-15(19)8-6-14/h5-10,13H,3-4,11-12H2,1-2H3,(H,21,22). The van der Waals surface area contributed by atoms with Gasteiger partial charge in [-0.1, -0.05) is 12.1 Å². The van der Waals surface area contributed by atoms with Crippen molar-refractivity contribution in [2.75, 3.05) is 6.54 Å². The predicted octanol–water partition coefficient (Wildman–Crippen LogP) is 4.63. The van der Waals surface area contributed by atoms with Gasteiger partial charge in [-0.15, -0.1) is 11.3 Å². The van der Waals surface area contributed by atoms with Crippen LogP contribution < -0.4 is 0 Å². The number of aliphatic carboxylic acids is 1. The zero-order valence-electron chi connectivity index (χ0n) is 13.5. The fourth-order valence-electron chi connectivity index (χ4n) is 2.39. The molecule has 0 aliphatic rings. The minimum Gasteiger partial charge on any atom is -0.481 e. The Morgan fingerprint density at radius 3 is 2.52 bits per heavy atom. The maximum absolute atomic E-state index is 13.0. The number of carboxylic acid groups (broad SMARTS) is 1. The lowest BCUT2D eigenvalue weighted by molar-refractivity contribution is -0.137. The second-order valence-corrected chi connectivity index (χ2v) is 7.00. The van der Waals surface area contributed by atoms with E-state index in [1.807, 2.05) is 0 Å². The maximum atomic E-state index is 13.0. The Bertz CT molecular complexity index is 637. The van der Waals surface area contributed by atoms with E-state index in [2.05, 4.69) is 30.9 Å². The van der Waals surface area contributed by atoms with E-state index in [1.54, 1.807) is 23.5 Å². The lowest BCUT2D eigenvalue weighted by atomic mass is 10.2. The summed E-state index contributed by atoms with van der Waals surface area (Å²) in [5.74, 6) is -0.974. The quantitative estimate of drug-likeness (QED) is 0.764. The van der Waals surface area contributed by atoms with Crippen molar-refractivity contribution in [3.63, 3.8) is 0 Å². The van der Waals surface area contributed by atoms with Crippen LogP contribution in [0.5, 0.6) is 0 Å². The van der Waals surface area contributed by atoms with Crippen LogP contribution in [0.15, 0.2) is 36.4 Å². The molecule has 1 aromatic carbocycles. The molecule has 0 aliphatic heterocycles. The zero-order chi connectivity index (χ0) is 16.8. The van der Waals surface area contributed by atoms with Crippen LogP contribution >= 0.6 is 11.3 Å². The van der Waals surface area contributed by atoms with Gasteiger partial charge in [-0.05, 0) is 56.6 Å². The van der Waals surface area contributed by atoms with Gasteiger partial charge in [0.25, 0.3) is 0 Å². The van der Waals surface area contributed by atoms with Crippen LogP contribution in [0.4, 0.5) is 4.39 Å². The lowest BCUT2D eigenvalue weighted by Crippen LogP contribution is -2.31. The summed E-state index contributed by atoms with van der Waals surface area (Å²) in [6.07, 6.45) is 0.859. The normalized spacial score (nSPS) is 11.3. The Labute approximate surface area is 140 Å². The number of carboxylic acids is 1. The molecule has 23 heavy (non-hydrogen) atoms. The largest absolute Gasteiger partial charge is 0.481 e. The minimum absolute atomic E-state index is 0.203. The van der Waals surface area contributed by atoms with Crippen molar-refractivity contribution in [3.05, 3.63) is 47.1 Å². The minimum atomic E-state index is -0.747. The Morgan fingerprint density at radius 2 is 1.91 bits per heavy atom. The summed E-state index contributed by atoms with van der Waals surface area (Å²) in [4.78, 5) is 15.3. The van der Waals surface area contributed by atoms with E-state index in [0.29, 0.717) is 12.5 Å². The summed E-state index contributed by atoms with van der Waals surface area (Å²) >= 11 is 1.70. The van der Waals surface area contributed by atoms with Crippen molar-refractivity contribution >= 4 is 17.3 Å². The first kappa shape index (κ1) is 17.6. The van der Waals surface area contributed by atoms with Crippen molar-refractivity contribution in [2.45, 2.75) is 39.3 Å². The van der Waals surface area contributed by atoms with E-state index in [9.17, 15) is 9.18 Å². The van der Waals surface area contributed by atoms with E-state index in [0.717, 1.165) is 23.5 Å². The molecule has 0 aliphatic carbocycles. The molecule has 0 amide bonds. The van der Waals surface area contributed by atoms with Gasteiger partial charge in [0, 0.05) is 28.8 Å². The molecule has 0 saturated heterocycles. The highest BCUT2D eigenvalue weighted by molar-refractivity contribution is 7.15. The number of nitrogens with zero attached hydrogens (tertiary/aromatic N) is 1. The van der Waals surface area contributed by atoms with E-state index < -0.39 is 5.97 Å². The highest BCUT2D eigenvalue weighted by Crippen LogP contribution is 2.29. The Kier molecular flexibility index (Phi) is 6.30. The molecule has 0 atom stereocenters. The second kappa shape index (κ2) is 8.22. The van der Waals surface area contributed by atoms with Gasteiger partial charge in [0.2, 0.25) is 0 Å². The third kappa shape index (κ3) is 5.44. The summed E-state index contributed by atoms with van der Waals surface area (Å²) in [5, 5.41) is 8.76. The molecular weight excluding hydrogens is 313 g/mol. The van der Waals surface area contributed by atoms with Crippen molar-refractivity contribution in [2.24, 2.45) is 0 Å². The molecule has 124 valence electrons. The highest BCUT2D eigenvalue weighted by Gasteiger charge is 2.12. The predicted molar refractivity (Wildman–Crippen MR) is 92.1 cm³/mol. The smallest absolute Gasteiger partial charge is 0.303 e. The molecule has 2 rings (SSSR count). The van der Waals surface area contributed by atoms with Crippen molar-refractivity contribution in [1.29, 1.82) is 0 Å². The van der Waals surface area contributed by atoms with E-state index in [-0.39, 0.29) is 12.2 Å². The van der Waals surface area contributed by atoms with Crippen LogP contribution in [0.25, 0.3) is 10.4 Å². The molecule has 0 radical (unpaired) electrons. The van der Waals surface area contributed by atoms with Gasteiger partial charge in [-0.3, -0.25) is 9.69 Å². The van der Waals surface area contributed by atoms with Gasteiger partial charge in [0.15, 0.2) is 0 Å². The first-order valence-corrected chi connectivity index (χ1v) is 8.58. The van der Waals surface area contributed by atoms with Crippen LogP contribution in [0.1, 0.15) is 31.6 Å². The number of rotatable bonds is 8. The van der Waals surface area contributed by atoms with Gasteiger partial charge in [-0.25, -0.2) is 4.39 Å². The molecule has 1 aromatic heterocycles. The summed E-state index contributed by atoms with van der Waals surface area (Å²) in [5.41, 5.74) is 1.02. The van der Waals surface area contributed by atoms with Crippen molar-refractivity contribution in [3.8, 4) is 10.4 Å². The molecule has 0 bridgehead atoms. The van der Waals surface area contributed by atoms with Gasteiger partial charge in [0.05, 0.1) is 0 Å². The van der Waals surface area contributed by atoms with Gasteiger partial charge < -0.3 is 5.11 Å². The third-order valence-corrected chi connectivity index (χ3v) is 4.83. The van der Waals surface area contributed by atoms with E-state index >= 15 is 0 Å². The molecule has 0 saturated carbocycles. The van der Waals surface area contributed by atoms with E-state index in [1.165, 1.54) is 17.0 Å². The number of thiophene rings is 1. The average molecular weight is 335 g/mol. The molecule has 0 fully saturated rings. The molecule has 1 N–H and O–H groups in total. The SMILES string of the molecule is CC(C)N(CCCC(=O)O)Cc1ccc(-c2ccc(F)cc2)s1. The number of carbonyl (C=O) groups is 1. The molecule has 0 spiro atoms. The Morgan fingerprint density at radius 1 is 1.22 bits per heavy atom. The summed E-state index contributed by atoms with van der Waals surface area (Å²) < 4.78 is 13.0. The molecule has 2 aromatic rings. The van der Waals surface area contributed by atoms with Crippen LogP contribution in [0, 0.1) is 5.82 Å². The average Bonchev–Trinajstić information content (AvgIpc) is 2.95. The summed E-state index contributed by atoms with van der Waals surface area (Å²) in [6.45, 7) is 5.82. The molecule has 0 unspecified atom stereocenters. The fraction of sp³-hybridized carbons (Fsp3) is 0.389. The monoisotopic (exact) mass is 335 g/mol. The van der Waals surface area contributed by atoms with Crippen molar-refractivity contribution in [1.82, 2.24) is 4.90 Å². The number of benzene rings is 1. The van der Waals surface area contributed by atoms with E-state index in [4.69, 9.17) is 5.11 Å². The van der Waals surface area contributed by atoms with Crippen LogP contribution in [0.3, 0.4) is 0 Å². The van der Waals surface area contributed by atoms with Crippen LogP contribution in [0.2, 0.25) is 0 Å². The molecule has 3 nitrogen and oxygen atoms in total. The lowest BCUT2D eigenvalue weighted by Gasteiger charge is -2.25. The fourth-order valence-corrected chi connectivity index (χ4v) is 3.42. The molecular formula is C18H22FNO2S. The third-order valence-electron chi connectivity index (χ3n) is 3.72. The zero-order valence-corrected chi connectivity index (χ0v) is 14.3. The number of hydrogen-bond acceptors (Lipinski definition) is 3. The Balaban J connectivity index is 2.00. The highest BCUT2D eigenvalue weighted by atomic mass is 32.1. The van der Waals surface area contributed by atoms with Gasteiger partial charge in [0.1, 0.15) is 5.82 Å². The van der Waals surface area contributed by atoms with Crippen LogP contribution in [-0.2, 0) is 11.3 Å². The van der Waals surface area contributed by atoms with Gasteiger partial charge >= 0.3 is 5.97 Å². The van der Waals surface area contributed by atoms with Crippen molar-refractivity contribution < 1.29 is 14.3 Å². The summed E-state index contributed by atoms with van der Waals surface area (Å²) in [6, 6.07) is 11.0. The Hall–Kier alpha value is -1.72. The first-order chi connectivity index (χ1) is 11.0. The number of hydrogen-bond donors (Lipinski definition) is 1. The summed E-state index contributed by atoms with van der Waals surface area (Å²) in [7, 11) is 0. The maximum Gasteiger partial charge on any atom is 0.303 e. The topological polar surface area (TPSA) is 40.5 Å². The second-order valence-electron chi connectivity index (χ2n) is 5.83. The number of halogens is 1.